The van der Waals surface area contributed by atoms with E-state index in [9.17, 15) is 0 Å². The predicted octanol–water partition coefficient (Wildman–Crippen LogP) is 0.740. The third kappa shape index (κ3) is 1.64. The lowest BCUT2D eigenvalue weighted by Crippen LogP contribution is -2.22. The van der Waals surface area contributed by atoms with Crippen molar-refractivity contribution in [3.05, 3.63) is 12.1 Å². The maximum Gasteiger partial charge on any atom is 0.200 e. The number of hydrogen-bond donors (Lipinski definition) is 0. The van der Waals surface area contributed by atoms with Crippen LogP contribution in [0.5, 0.6) is 0 Å². The van der Waals surface area contributed by atoms with Gasteiger partial charge in [0.2, 0.25) is 0 Å². The van der Waals surface area contributed by atoms with Crippen LogP contribution in [0, 0.1) is 5.92 Å². The van der Waals surface area contributed by atoms with Crippen LogP contribution >= 0.6 is 15.9 Å². The van der Waals surface area contributed by atoms with Gasteiger partial charge in [-0.15, -0.1) is 14.8 Å². The van der Waals surface area contributed by atoms with Crippen LogP contribution in [-0.4, -0.2) is 43.7 Å². The van der Waals surface area contributed by atoms with E-state index in [1.54, 1.807) is 0 Å². The van der Waals surface area contributed by atoms with Crippen LogP contribution in [0.1, 0.15) is 6.42 Å². The summed E-state index contributed by atoms with van der Waals surface area (Å²) in [5.74, 6) is 1.66. The van der Waals surface area contributed by atoms with Crippen LogP contribution < -0.4 is 4.90 Å². The molecular weight excluding hydrogens is 272 g/mol. The molecule has 1 unspecified atom stereocenters. The largest absolute Gasteiger partial charge is 0.355 e. The highest BCUT2D eigenvalue weighted by Crippen LogP contribution is 2.22. The van der Waals surface area contributed by atoms with Crippen molar-refractivity contribution in [2.45, 2.75) is 6.42 Å². The Bertz CT molecular complexity index is 497. The molecule has 16 heavy (non-hydrogen) atoms. The molecule has 1 aliphatic rings. The van der Waals surface area contributed by atoms with Gasteiger partial charge in [-0.3, -0.25) is 0 Å². The van der Waals surface area contributed by atoms with Gasteiger partial charge in [-0.25, -0.2) is 0 Å². The number of nitrogens with zero attached hydrogens (tertiary/aromatic N) is 6. The lowest BCUT2D eigenvalue weighted by molar-refractivity contribution is 0.672. The Balaban J connectivity index is 1.88. The van der Waals surface area contributed by atoms with Crippen molar-refractivity contribution in [2.24, 2.45) is 5.92 Å². The highest BCUT2D eigenvalue weighted by Gasteiger charge is 2.22. The minimum Gasteiger partial charge on any atom is -0.355 e. The Kier molecular flexibility index (Phi) is 2.47. The molecule has 0 amide bonds. The first-order valence-corrected chi connectivity index (χ1v) is 6.35. The first kappa shape index (κ1) is 9.95. The number of rotatable bonds is 2. The fourth-order valence-electron chi connectivity index (χ4n) is 1.98. The zero-order chi connectivity index (χ0) is 11.0. The second-order valence-corrected chi connectivity index (χ2v) is 4.62. The SMILES string of the molecule is BrCC1CCN(c2ccc3nnnn3n2)C1. The van der Waals surface area contributed by atoms with E-state index in [1.807, 2.05) is 12.1 Å². The molecule has 1 saturated heterocycles. The van der Waals surface area contributed by atoms with Gasteiger partial charge >= 0.3 is 0 Å². The normalized spacial score (nSPS) is 20.8. The fraction of sp³-hybridized carbons (Fsp3) is 0.556. The van der Waals surface area contributed by atoms with Crippen molar-refractivity contribution in [3.63, 3.8) is 0 Å². The molecule has 3 heterocycles. The molecular formula is C9H11BrN6. The molecule has 2 aromatic heterocycles. The van der Waals surface area contributed by atoms with Crippen LogP contribution in [0.3, 0.4) is 0 Å². The molecule has 0 bridgehead atoms. The van der Waals surface area contributed by atoms with E-state index in [0.717, 1.165) is 24.2 Å². The van der Waals surface area contributed by atoms with E-state index in [2.05, 4.69) is 41.5 Å². The molecule has 1 fully saturated rings. The van der Waals surface area contributed by atoms with Gasteiger partial charge in [-0.1, -0.05) is 15.9 Å². The number of aromatic nitrogens is 5. The summed E-state index contributed by atoms with van der Waals surface area (Å²) in [6.07, 6.45) is 1.21. The third-order valence-corrected chi connectivity index (χ3v) is 3.80. The quantitative estimate of drug-likeness (QED) is 0.761. The Labute approximate surface area is 101 Å². The maximum atomic E-state index is 4.38. The van der Waals surface area contributed by atoms with E-state index >= 15 is 0 Å². The van der Waals surface area contributed by atoms with Gasteiger partial charge in [0, 0.05) is 18.4 Å². The summed E-state index contributed by atoms with van der Waals surface area (Å²) in [6.45, 7) is 2.10. The van der Waals surface area contributed by atoms with Gasteiger partial charge in [-0.2, -0.15) is 0 Å². The van der Waals surface area contributed by atoms with E-state index < -0.39 is 0 Å². The molecule has 0 saturated carbocycles. The molecule has 2 aromatic rings. The van der Waals surface area contributed by atoms with Gasteiger partial charge < -0.3 is 4.90 Å². The molecule has 0 aromatic carbocycles. The van der Waals surface area contributed by atoms with Gasteiger partial charge in [0.25, 0.3) is 0 Å². The standard InChI is InChI=1S/C9H11BrN6/c10-5-7-3-4-15(6-7)9-2-1-8-11-13-14-16(8)12-9/h1-2,7H,3-6H2. The Morgan fingerprint density at radius 3 is 3.19 bits per heavy atom. The topological polar surface area (TPSA) is 59.2 Å². The minimum absolute atomic E-state index is 0.681. The molecule has 0 N–H and O–H groups in total. The van der Waals surface area contributed by atoms with E-state index in [-0.39, 0.29) is 0 Å². The average molecular weight is 283 g/mol. The maximum absolute atomic E-state index is 4.38. The number of anilines is 1. The van der Waals surface area contributed by atoms with E-state index in [4.69, 9.17) is 0 Å². The van der Waals surface area contributed by atoms with Crippen molar-refractivity contribution < 1.29 is 0 Å². The number of fused-ring (bicyclic) bond motifs is 1. The molecule has 1 aliphatic heterocycles. The Hall–Kier alpha value is -1.24. The molecule has 0 aliphatic carbocycles. The first-order valence-electron chi connectivity index (χ1n) is 5.23. The summed E-state index contributed by atoms with van der Waals surface area (Å²) in [4.78, 5) is 2.27. The monoisotopic (exact) mass is 282 g/mol. The van der Waals surface area contributed by atoms with Crippen molar-refractivity contribution in [1.29, 1.82) is 0 Å². The molecule has 84 valence electrons. The Morgan fingerprint density at radius 2 is 2.38 bits per heavy atom. The lowest BCUT2D eigenvalue weighted by atomic mass is 10.2. The van der Waals surface area contributed by atoms with Crippen molar-refractivity contribution in [1.82, 2.24) is 25.3 Å². The molecule has 7 heteroatoms. The minimum atomic E-state index is 0.681. The van der Waals surface area contributed by atoms with Crippen LogP contribution in [0.15, 0.2) is 12.1 Å². The molecule has 3 rings (SSSR count). The zero-order valence-corrected chi connectivity index (χ0v) is 10.2. The van der Waals surface area contributed by atoms with Crippen molar-refractivity contribution >= 4 is 27.4 Å². The van der Waals surface area contributed by atoms with Crippen LogP contribution in [-0.2, 0) is 0 Å². The summed E-state index contributed by atoms with van der Waals surface area (Å²) in [5, 5.41) is 16.6. The van der Waals surface area contributed by atoms with Crippen LogP contribution in [0.25, 0.3) is 5.65 Å². The first-order chi connectivity index (χ1) is 7.86. The van der Waals surface area contributed by atoms with Gasteiger partial charge in [-0.05, 0) is 34.9 Å². The second kappa shape index (κ2) is 3.97. The van der Waals surface area contributed by atoms with Gasteiger partial charge in [0.15, 0.2) is 11.5 Å². The fourth-order valence-corrected chi connectivity index (χ4v) is 2.50. The van der Waals surface area contributed by atoms with Gasteiger partial charge in [0.1, 0.15) is 0 Å². The number of halogens is 1. The molecule has 6 nitrogen and oxygen atoms in total. The second-order valence-electron chi connectivity index (χ2n) is 3.97. The number of tetrazole rings is 1. The summed E-state index contributed by atoms with van der Waals surface area (Å²) in [5.41, 5.74) is 0.681. The van der Waals surface area contributed by atoms with Crippen LogP contribution in [0.4, 0.5) is 5.82 Å². The molecule has 1 atom stereocenters. The van der Waals surface area contributed by atoms with E-state index in [1.165, 1.54) is 11.1 Å². The third-order valence-electron chi connectivity index (χ3n) is 2.88. The number of hydrogen-bond acceptors (Lipinski definition) is 5. The van der Waals surface area contributed by atoms with Crippen molar-refractivity contribution in [2.75, 3.05) is 23.3 Å². The molecule has 0 spiro atoms. The summed E-state index contributed by atoms with van der Waals surface area (Å²) in [7, 11) is 0. The van der Waals surface area contributed by atoms with Crippen molar-refractivity contribution in [3.8, 4) is 0 Å². The average Bonchev–Trinajstić information content (AvgIpc) is 2.96. The highest BCUT2D eigenvalue weighted by atomic mass is 79.9. The van der Waals surface area contributed by atoms with Crippen LogP contribution in [0.2, 0.25) is 0 Å². The Morgan fingerprint density at radius 1 is 1.44 bits per heavy atom. The predicted molar refractivity (Wildman–Crippen MR) is 62.7 cm³/mol. The lowest BCUT2D eigenvalue weighted by Gasteiger charge is -2.16. The summed E-state index contributed by atoms with van der Waals surface area (Å²) >= 11 is 3.53. The summed E-state index contributed by atoms with van der Waals surface area (Å²) < 4.78 is 1.47. The highest BCUT2D eigenvalue weighted by molar-refractivity contribution is 9.09. The van der Waals surface area contributed by atoms with Gasteiger partial charge in [0.05, 0.1) is 0 Å². The zero-order valence-electron chi connectivity index (χ0n) is 8.62. The molecule has 0 radical (unpaired) electrons. The summed E-state index contributed by atoms with van der Waals surface area (Å²) in [6, 6.07) is 3.87. The van der Waals surface area contributed by atoms with E-state index in [0.29, 0.717) is 11.6 Å². The number of alkyl halides is 1. The smallest absolute Gasteiger partial charge is 0.200 e.